The summed E-state index contributed by atoms with van der Waals surface area (Å²) in [6, 6.07) is 5.43. The first-order valence-corrected chi connectivity index (χ1v) is 7.98. The van der Waals surface area contributed by atoms with Gasteiger partial charge in [0.2, 0.25) is 5.56 Å². The molecule has 0 saturated heterocycles. The SMILES string of the molecule is O=c1cc(-c2nc(Cc3ccc(C(F)(F)F)nc3)no2)cc(C2CC2)[nH]1. The van der Waals surface area contributed by atoms with Crippen molar-refractivity contribution < 1.29 is 17.7 Å². The van der Waals surface area contributed by atoms with E-state index >= 15 is 0 Å². The molecular weight excluding hydrogens is 349 g/mol. The smallest absolute Gasteiger partial charge is 0.334 e. The Hall–Kier alpha value is -2.97. The highest BCUT2D eigenvalue weighted by molar-refractivity contribution is 5.53. The van der Waals surface area contributed by atoms with E-state index in [-0.39, 0.29) is 17.9 Å². The van der Waals surface area contributed by atoms with E-state index in [1.807, 2.05) is 6.07 Å². The van der Waals surface area contributed by atoms with Crippen LogP contribution in [0.3, 0.4) is 0 Å². The van der Waals surface area contributed by atoms with Gasteiger partial charge in [-0.3, -0.25) is 9.78 Å². The van der Waals surface area contributed by atoms with Crippen LogP contribution in [0.25, 0.3) is 11.5 Å². The third kappa shape index (κ3) is 3.51. The van der Waals surface area contributed by atoms with Crippen molar-refractivity contribution >= 4 is 0 Å². The summed E-state index contributed by atoms with van der Waals surface area (Å²) in [6.45, 7) is 0. The molecule has 26 heavy (non-hydrogen) atoms. The summed E-state index contributed by atoms with van der Waals surface area (Å²) in [4.78, 5) is 22.2. The number of rotatable bonds is 4. The largest absolute Gasteiger partial charge is 0.433 e. The van der Waals surface area contributed by atoms with Crippen LogP contribution in [0, 0.1) is 0 Å². The fourth-order valence-corrected chi connectivity index (χ4v) is 2.62. The third-order valence-electron chi connectivity index (χ3n) is 4.07. The number of nitrogens with one attached hydrogen (secondary N) is 1. The van der Waals surface area contributed by atoms with E-state index in [9.17, 15) is 18.0 Å². The summed E-state index contributed by atoms with van der Waals surface area (Å²) in [7, 11) is 0. The summed E-state index contributed by atoms with van der Waals surface area (Å²) in [5.41, 5.74) is 0.705. The Labute approximate surface area is 145 Å². The van der Waals surface area contributed by atoms with Gasteiger partial charge in [-0.25, -0.2) is 0 Å². The van der Waals surface area contributed by atoms with Gasteiger partial charge in [0.1, 0.15) is 5.69 Å². The fraction of sp³-hybridized carbons (Fsp3) is 0.294. The first-order valence-electron chi connectivity index (χ1n) is 7.98. The molecule has 3 aromatic heterocycles. The minimum atomic E-state index is -4.47. The summed E-state index contributed by atoms with van der Waals surface area (Å²) in [5.74, 6) is 0.867. The Morgan fingerprint density at radius 1 is 1.23 bits per heavy atom. The van der Waals surface area contributed by atoms with Gasteiger partial charge in [0.15, 0.2) is 5.82 Å². The van der Waals surface area contributed by atoms with Crippen LogP contribution in [0.5, 0.6) is 0 Å². The molecule has 6 nitrogen and oxygen atoms in total. The molecule has 1 N–H and O–H groups in total. The highest BCUT2D eigenvalue weighted by Gasteiger charge is 2.32. The lowest BCUT2D eigenvalue weighted by Crippen LogP contribution is -2.08. The minimum Gasteiger partial charge on any atom is -0.334 e. The second kappa shape index (κ2) is 6.08. The maximum Gasteiger partial charge on any atom is 0.433 e. The normalized spacial score (nSPS) is 14.6. The van der Waals surface area contributed by atoms with E-state index in [1.54, 1.807) is 0 Å². The van der Waals surface area contributed by atoms with Crippen molar-refractivity contribution in [3.63, 3.8) is 0 Å². The molecule has 9 heteroatoms. The van der Waals surface area contributed by atoms with Crippen LogP contribution in [-0.4, -0.2) is 20.1 Å². The predicted octanol–water partition coefficient (Wildman–Crippen LogP) is 3.31. The maximum atomic E-state index is 12.5. The molecule has 0 unspecified atom stereocenters. The number of alkyl halides is 3. The van der Waals surface area contributed by atoms with Gasteiger partial charge in [0.05, 0.1) is 0 Å². The number of aromatic amines is 1. The summed E-state index contributed by atoms with van der Waals surface area (Å²) in [6.07, 6.45) is -1.09. The van der Waals surface area contributed by atoms with Crippen LogP contribution >= 0.6 is 0 Å². The first kappa shape index (κ1) is 16.5. The van der Waals surface area contributed by atoms with E-state index < -0.39 is 11.9 Å². The fourth-order valence-electron chi connectivity index (χ4n) is 2.62. The minimum absolute atomic E-state index is 0.174. The molecule has 0 aromatic carbocycles. The van der Waals surface area contributed by atoms with Crippen molar-refractivity contribution in [2.75, 3.05) is 0 Å². The van der Waals surface area contributed by atoms with Crippen LogP contribution in [-0.2, 0) is 12.6 Å². The predicted molar refractivity (Wildman–Crippen MR) is 84.4 cm³/mol. The molecule has 0 atom stereocenters. The molecule has 0 aliphatic heterocycles. The van der Waals surface area contributed by atoms with Gasteiger partial charge in [0, 0.05) is 29.9 Å². The topological polar surface area (TPSA) is 84.7 Å². The number of hydrogen-bond donors (Lipinski definition) is 1. The van der Waals surface area contributed by atoms with Crippen LogP contribution in [0.1, 0.15) is 41.5 Å². The van der Waals surface area contributed by atoms with Gasteiger partial charge >= 0.3 is 6.18 Å². The standard InChI is InChI=1S/C17H13F3N4O2/c18-17(19,20)13-4-1-9(8-21-13)5-14-23-16(26-24-14)11-6-12(10-2-3-10)22-15(25)7-11/h1,4,6-8,10H,2-3,5H2,(H,22,25). The average Bonchev–Trinajstić information content (AvgIpc) is 3.34. The molecule has 1 aliphatic carbocycles. The number of H-pyrrole nitrogens is 1. The van der Waals surface area contributed by atoms with Gasteiger partial charge in [0.25, 0.3) is 5.89 Å². The third-order valence-corrected chi connectivity index (χ3v) is 4.07. The Kier molecular flexibility index (Phi) is 3.86. The molecule has 0 bridgehead atoms. The molecule has 1 saturated carbocycles. The number of pyridine rings is 2. The number of aromatic nitrogens is 4. The Bertz CT molecular complexity index is 988. The molecule has 134 valence electrons. The van der Waals surface area contributed by atoms with Crippen molar-refractivity contribution in [2.24, 2.45) is 0 Å². The number of hydrogen-bond acceptors (Lipinski definition) is 5. The second-order valence-corrected chi connectivity index (χ2v) is 6.20. The van der Waals surface area contributed by atoms with Crippen LogP contribution in [0.15, 0.2) is 39.8 Å². The molecule has 3 aromatic rings. The van der Waals surface area contributed by atoms with E-state index in [0.29, 0.717) is 22.9 Å². The zero-order chi connectivity index (χ0) is 18.3. The lowest BCUT2D eigenvalue weighted by molar-refractivity contribution is -0.141. The van der Waals surface area contributed by atoms with Crippen LogP contribution in [0.4, 0.5) is 13.2 Å². The van der Waals surface area contributed by atoms with Crippen LogP contribution in [0.2, 0.25) is 0 Å². The van der Waals surface area contributed by atoms with Crippen molar-refractivity contribution in [3.8, 4) is 11.5 Å². The van der Waals surface area contributed by atoms with Gasteiger partial charge < -0.3 is 9.51 Å². The zero-order valence-corrected chi connectivity index (χ0v) is 13.4. The quantitative estimate of drug-likeness (QED) is 0.770. The maximum absolute atomic E-state index is 12.5. The monoisotopic (exact) mass is 362 g/mol. The highest BCUT2D eigenvalue weighted by atomic mass is 19.4. The van der Waals surface area contributed by atoms with Gasteiger partial charge in [-0.1, -0.05) is 11.2 Å². The average molecular weight is 362 g/mol. The van der Waals surface area contributed by atoms with Crippen molar-refractivity contribution in [1.82, 2.24) is 20.1 Å². The number of halogens is 3. The molecule has 1 fully saturated rings. The van der Waals surface area contributed by atoms with Crippen molar-refractivity contribution in [3.05, 3.63) is 63.6 Å². The van der Waals surface area contributed by atoms with Gasteiger partial charge in [-0.15, -0.1) is 0 Å². The molecule has 0 spiro atoms. The molecule has 4 rings (SSSR count). The first-order chi connectivity index (χ1) is 12.4. The highest BCUT2D eigenvalue weighted by Crippen LogP contribution is 2.39. The number of nitrogens with zero attached hydrogens (tertiary/aromatic N) is 3. The molecular formula is C17H13F3N4O2. The summed E-state index contributed by atoms with van der Waals surface area (Å²) < 4.78 is 42.8. The Morgan fingerprint density at radius 2 is 2.04 bits per heavy atom. The van der Waals surface area contributed by atoms with Crippen molar-refractivity contribution in [1.29, 1.82) is 0 Å². The van der Waals surface area contributed by atoms with E-state index in [0.717, 1.165) is 30.8 Å². The summed E-state index contributed by atoms with van der Waals surface area (Å²) in [5, 5.41) is 3.83. The molecule has 1 aliphatic rings. The van der Waals surface area contributed by atoms with Crippen molar-refractivity contribution in [2.45, 2.75) is 31.4 Å². The molecule has 0 radical (unpaired) electrons. The Morgan fingerprint density at radius 3 is 2.69 bits per heavy atom. The Balaban J connectivity index is 1.54. The molecule has 0 amide bonds. The van der Waals surface area contributed by atoms with E-state index in [2.05, 4.69) is 20.1 Å². The lowest BCUT2D eigenvalue weighted by Gasteiger charge is -2.05. The van der Waals surface area contributed by atoms with Gasteiger partial charge in [-0.2, -0.15) is 18.2 Å². The van der Waals surface area contributed by atoms with Gasteiger partial charge in [-0.05, 0) is 36.5 Å². The van der Waals surface area contributed by atoms with E-state index in [1.165, 1.54) is 12.1 Å². The second-order valence-electron chi connectivity index (χ2n) is 6.20. The van der Waals surface area contributed by atoms with E-state index in [4.69, 9.17) is 4.52 Å². The van der Waals surface area contributed by atoms with Crippen LogP contribution < -0.4 is 5.56 Å². The lowest BCUT2D eigenvalue weighted by atomic mass is 10.1. The molecule has 3 heterocycles. The zero-order valence-electron chi connectivity index (χ0n) is 13.4. The summed E-state index contributed by atoms with van der Waals surface area (Å²) >= 11 is 0.